The number of benzene rings is 2. The van der Waals surface area contributed by atoms with E-state index in [1.54, 1.807) is 31.4 Å². The van der Waals surface area contributed by atoms with Gasteiger partial charge in [0.1, 0.15) is 5.75 Å². The van der Waals surface area contributed by atoms with E-state index in [1.807, 2.05) is 37.3 Å². The molecule has 0 spiro atoms. The molecule has 0 aliphatic heterocycles. The summed E-state index contributed by atoms with van der Waals surface area (Å²) in [6.45, 7) is 2.02. The van der Waals surface area contributed by atoms with Crippen LogP contribution in [0.3, 0.4) is 0 Å². The number of rotatable bonds is 5. The average molecular weight is 297 g/mol. The molecule has 2 aromatic carbocycles. The third kappa shape index (κ3) is 4.45. The Morgan fingerprint density at radius 2 is 1.73 bits per heavy atom. The number of hydrogen-bond donors (Lipinski definition) is 0. The molecule has 2 aromatic rings. The molecule has 0 amide bonds. The fourth-order valence-electron chi connectivity index (χ4n) is 1.88. The Bertz CT molecular complexity index is 633. The first-order valence-electron chi connectivity index (χ1n) is 7.21. The lowest BCUT2D eigenvalue weighted by molar-refractivity contribution is 0.0712. The Kier molecular flexibility index (Phi) is 5.72. The van der Waals surface area contributed by atoms with Crippen LogP contribution in [-0.2, 0) is 4.74 Å². The first-order chi connectivity index (χ1) is 10.7. The van der Waals surface area contributed by atoms with E-state index < -0.39 is 5.97 Å². The highest BCUT2D eigenvalue weighted by Crippen LogP contribution is 2.15. The number of carbonyl (C=O) groups excluding carboxylic acids is 1. The normalized spacial score (nSPS) is 11.1. The molecule has 0 saturated heterocycles. The topological polar surface area (TPSA) is 47.9 Å². The minimum Gasteiger partial charge on any atom is -0.497 e. The molecule has 0 aliphatic rings. The van der Waals surface area contributed by atoms with Crippen molar-refractivity contribution < 1.29 is 14.3 Å². The molecule has 0 aromatic heterocycles. The second-order valence-corrected chi connectivity index (χ2v) is 4.71. The first kappa shape index (κ1) is 15.8. The smallest absolute Gasteiger partial charge is 0.344 e. The predicted octanol–water partition coefficient (Wildman–Crippen LogP) is 4.38. The molecule has 22 heavy (non-hydrogen) atoms. The molecule has 0 unspecified atom stereocenters. The van der Waals surface area contributed by atoms with Gasteiger partial charge in [0.05, 0.1) is 18.4 Å². The lowest BCUT2D eigenvalue weighted by Crippen LogP contribution is -2.12. The van der Waals surface area contributed by atoms with Gasteiger partial charge in [-0.25, -0.2) is 9.79 Å². The molecule has 0 fully saturated rings. The number of esters is 1. The third-order valence-corrected chi connectivity index (χ3v) is 3.01. The zero-order valence-corrected chi connectivity index (χ0v) is 12.8. The number of ether oxygens (including phenoxy) is 2. The fraction of sp³-hybridized carbons (Fsp3) is 0.222. The fourth-order valence-corrected chi connectivity index (χ4v) is 1.88. The molecule has 2 rings (SSSR count). The SMILES string of the molecule is CCCC(=Nc1ccccc1)OC(=O)c1ccc(OC)cc1. The van der Waals surface area contributed by atoms with Crippen molar-refractivity contribution in [2.75, 3.05) is 7.11 Å². The number of hydrogen-bond acceptors (Lipinski definition) is 4. The van der Waals surface area contributed by atoms with Crippen molar-refractivity contribution in [3.05, 3.63) is 60.2 Å². The van der Waals surface area contributed by atoms with Crippen molar-refractivity contribution >= 4 is 17.6 Å². The van der Waals surface area contributed by atoms with Crippen molar-refractivity contribution in [2.24, 2.45) is 4.99 Å². The maximum atomic E-state index is 12.2. The molecule has 0 saturated carbocycles. The van der Waals surface area contributed by atoms with E-state index in [0.717, 1.165) is 12.1 Å². The first-order valence-corrected chi connectivity index (χ1v) is 7.21. The van der Waals surface area contributed by atoms with Gasteiger partial charge < -0.3 is 9.47 Å². The molecule has 114 valence electrons. The van der Waals surface area contributed by atoms with Crippen molar-refractivity contribution in [2.45, 2.75) is 19.8 Å². The summed E-state index contributed by atoms with van der Waals surface area (Å²) in [5.41, 5.74) is 1.24. The van der Waals surface area contributed by atoms with E-state index in [2.05, 4.69) is 4.99 Å². The molecule has 0 N–H and O–H groups in total. The van der Waals surface area contributed by atoms with Crippen LogP contribution in [-0.4, -0.2) is 19.0 Å². The highest BCUT2D eigenvalue weighted by atomic mass is 16.5. The van der Waals surface area contributed by atoms with Crippen LogP contribution in [0.15, 0.2) is 59.6 Å². The molecule has 0 radical (unpaired) electrons. The molecule has 0 bridgehead atoms. The highest BCUT2D eigenvalue weighted by molar-refractivity contribution is 5.99. The van der Waals surface area contributed by atoms with Crippen LogP contribution in [0.4, 0.5) is 5.69 Å². The zero-order valence-electron chi connectivity index (χ0n) is 12.8. The predicted molar refractivity (Wildman–Crippen MR) is 86.9 cm³/mol. The van der Waals surface area contributed by atoms with Gasteiger partial charge in [-0.05, 0) is 42.8 Å². The molecule has 4 nitrogen and oxygen atoms in total. The third-order valence-electron chi connectivity index (χ3n) is 3.01. The Morgan fingerprint density at radius 3 is 2.32 bits per heavy atom. The van der Waals surface area contributed by atoms with E-state index in [9.17, 15) is 4.79 Å². The van der Waals surface area contributed by atoms with E-state index in [-0.39, 0.29) is 0 Å². The Hall–Kier alpha value is -2.62. The number of aliphatic imine (C=N–C) groups is 1. The monoisotopic (exact) mass is 297 g/mol. The van der Waals surface area contributed by atoms with Gasteiger partial charge in [-0.3, -0.25) is 0 Å². The number of methoxy groups -OCH3 is 1. The number of carbonyl (C=O) groups is 1. The summed E-state index contributed by atoms with van der Waals surface area (Å²) in [6, 6.07) is 16.3. The van der Waals surface area contributed by atoms with Crippen LogP contribution in [0.2, 0.25) is 0 Å². The van der Waals surface area contributed by atoms with Gasteiger partial charge in [0, 0.05) is 6.42 Å². The summed E-state index contributed by atoms with van der Waals surface area (Å²) < 4.78 is 10.5. The van der Waals surface area contributed by atoms with Gasteiger partial charge in [-0.1, -0.05) is 25.1 Å². The van der Waals surface area contributed by atoms with Crippen molar-refractivity contribution in [1.29, 1.82) is 0 Å². The maximum Gasteiger partial charge on any atom is 0.344 e. The second kappa shape index (κ2) is 7.98. The largest absolute Gasteiger partial charge is 0.497 e. The molecule has 0 atom stereocenters. The quantitative estimate of drug-likeness (QED) is 0.467. The van der Waals surface area contributed by atoms with Crippen LogP contribution < -0.4 is 4.74 Å². The summed E-state index contributed by atoms with van der Waals surface area (Å²) in [5.74, 6) is 0.712. The molecular formula is C18H19NO3. The molecule has 4 heteroatoms. The minimum atomic E-state index is -0.411. The van der Waals surface area contributed by atoms with Crippen LogP contribution >= 0.6 is 0 Å². The zero-order chi connectivity index (χ0) is 15.8. The lowest BCUT2D eigenvalue weighted by atomic mass is 10.2. The minimum absolute atomic E-state index is 0.411. The van der Waals surface area contributed by atoms with Crippen LogP contribution in [0.1, 0.15) is 30.1 Å². The van der Waals surface area contributed by atoms with Gasteiger partial charge in [0.2, 0.25) is 0 Å². The van der Waals surface area contributed by atoms with Crippen LogP contribution in [0, 0.1) is 0 Å². The van der Waals surface area contributed by atoms with Gasteiger partial charge in [0.15, 0.2) is 5.90 Å². The second-order valence-electron chi connectivity index (χ2n) is 4.71. The van der Waals surface area contributed by atoms with Crippen LogP contribution in [0.25, 0.3) is 0 Å². The Labute approximate surface area is 130 Å². The van der Waals surface area contributed by atoms with Crippen LogP contribution in [0.5, 0.6) is 5.75 Å². The Morgan fingerprint density at radius 1 is 1.05 bits per heavy atom. The summed E-state index contributed by atoms with van der Waals surface area (Å²) in [6.07, 6.45) is 1.46. The van der Waals surface area contributed by atoms with E-state index in [4.69, 9.17) is 9.47 Å². The summed E-state index contributed by atoms with van der Waals surface area (Å²) in [5, 5.41) is 0. The van der Waals surface area contributed by atoms with Gasteiger partial charge in [0.25, 0.3) is 0 Å². The van der Waals surface area contributed by atoms with E-state index >= 15 is 0 Å². The highest BCUT2D eigenvalue weighted by Gasteiger charge is 2.11. The van der Waals surface area contributed by atoms with E-state index in [1.165, 1.54) is 0 Å². The molecular weight excluding hydrogens is 278 g/mol. The number of nitrogens with zero attached hydrogens (tertiary/aromatic N) is 1. The summed E-state index contributed by atoms with van der Waals surface area (Å²) >= 11 is 0. The summed E-state index contributed by atoms with van der Waals surface area (Å²) in [7, 11) is 1.58. The van der Waals surface area contributed by atoms with Crippen molar-refractivity contribution in [3.63, 3.8) is 0 Å². The standard InChI is InChI=1S/C18H19NO3/c1-3-7-17(19-15-8-5-4-6-9-15)22-18(20)14-10-12-16(21-2)13-11-14/h4-6,8-13H,3,7H2,1-2H3. The lowest BCUT2D eigenvalue weighted by Gasteiger charge is -2.07. The van der Waals surface area contributed by atoms with Crippen molar-refractivity contribution in [3.8, 4) is 5.75 Å². The van der Waals surface area contributed by atoms with Gasteiger partial charge in [-0.15, -0.1) is 0 Å². The van der Waals surface area contributed by atoms with Gasteiger partial charge >= 0.3 is 5.97 Å². The summed E-state index contributed by atoms with van der Waals surface area (Å²) in [4.78, 5) is 16.6. The molecule has 0 heterocycles. The van der Waals surface area contributed by atoms with E-state index in [0.29, 0.717) is 23.6 Å². The molecule has 0 aliphatic carbocycles. The number of para-hydroxylation sites is 1. The van der Waals surface area contributed by atoms with Crippen molar-refractivity contribution in [1.82, 2.24) is 0 Å². The average Bonchev–Trinajstić information content (AvgIpc) is 2.56. The Balaban J connectivity index is 2.13. The van der Waals surface area contributed by atoms with Gasteiger partial charge in [-0.2, -0.15) is 0 Å². The maximum absolute atomic E-state index is 12.2.